The van der Waals surface area contributed by atoms with Crippen molar-refractivity contribution in [3.63, 3.8) is 0 Å². The Labute approximate surface area is 185 Å². The van der Waals surface area contributed by atoms with Crippen LogP contribution in [0, 0.1) is 5.82 Å². The van der Waals surface area contributed by atoms with E-state index in [0.29, 0.717) is 10.7 Å². The number of rotatable bonds is 5. The van der Waals surface area contributed by atoms with E-state index in [1.165, 1.54) is 10.4 Å². The van der Waals surface area contributed by atoms with Crippen LogP contribution in [-0.4, -0.2) is 58.0 Å². The zero-order valence-electron chi connectivity index (χ0n) is 16.8. The first-order chi connectivity index (χ1) is 14.9. The Bertz CT molecular complexity index is 1080. The normalized spacial score (nSPS) is 17.7. The Hall–Kier alpha value is -2.20. The molecule has 2 aromatic carbocycles. The molecule has 2 aromatic rings. The molecule has 2 saturated heterocycles. The molecule has 0 bridgehead atoms. The second-order valence-electron chi connectivity index (χ2n) is 7.47. The predicted molar refractivity (Wildman–Crippen MR) is 117 cm³/mol. The monoisotopic (exact) mass is 467 g/mol. The largest absolute Gasteiger partial charge is 0.379 e. The highest BCUT2D eigenvalue weighted by atomic mass is 35.5. The van der Waals surface area contributed by atoms with Gasteiger partial charge in [0.2, 0.25) is 10.0 Å². The topological polar surface area (TPSA) is 79.0 Å². The van der Waals surface area contributed by atoms with Gasteiger partial charge < -0.3 is 15.0 Å². The lowest BCUT2D eigenvalue weighted by molar-refractivity contribution is 0.0729. The van der Waals surface area contributed by atoms with Gasteiger partial charge in [-0.3, -0.25) is 4.79 Å². The third-order valence-corrected chi connectivity index (χ3v) is 7.58. The van der Waals surface area contributed by atoms with Crippen LogP contribution >= 0.6 is 11.6 Å². The molecule has 0 aliphatic carbocycles. The Morgan fingerprint density at radius 3 is 2.45 bits per heavy atom. The highest BCUT2D eigenvalue weighted by Crippen LogP contribution is 2.32. The van der Waals surface area contributed by atoms with Gasteiger partial charge in [-0.1, -0.05) is 11.6 Å². The molecule has 0 unspecified atom stereocenters. The minimum atomic E-state index is -4.08. The third kappa shape index (κ3) is 4.69. The molecule has 2 aliphatic heterocycles. The molecule has 7 nitrogen and oxygen atoms in total. The molecule has 31 heavy (non-hydrogen) atoms. The summed E-state index contributed by atoms with van der Waals surface area (Å²) in [4.78, 5) is 14.6. The Morgan fingerprint density at radius 2 is 1.74 bits per heavy atom. The number of carbonyl (C=O) groups excluding carboxylic acids is 1. The van der Waals surface area contributed by atoms with Crippen LogP contribution < -0.4 is 10.2 Å². The fourth-order valence-corrected chi connectivity index (χ4v) is 5.48. The van der Waals surface area contributed by atoms with Crippen molar-refractivity contribution < 1.29 is 22.3 Å². The standard InChI is InChI=1S/C21H23ClFN3O4S/c22-16-4-6-19(25-7-1-2-8-25)18(14-16)24-21(27)15-3-5-17(23)20(13-15)31(28,29)26-9-11-30-12-10-26/h3-6,13-14H,1-2,7-12H2,(H,24,27). The first kappa shape index (κ1) is 22.0. The molecule has 10 heteroatoms. The van der Waals surface area contributed by atoms with Crippen molar-refractivity contribution in [3.05, 3.63) is 52.8 Å². The fraction of sp³-hybridized carbons (Fsp3) is 0.381. The number of nitrogens with zero attached hydrogens (tertiary/aromatic N) is 2. The molecule has 2 fully saturated rings. The van der Waals surface area contributed by atoms with Crippen LogP contribution in [-0.2, 0) is 14.8 Å². The molecule has 1 amide bonds. The van der Waals surface area contributed by atoms with Gasteiger partial charge in [-0.05, 0) is 49.2 Å². The van der Waals surface area contributed by atoms with Gasteiger partial charge >= 0.3 is 0 Å². The number of sulfonamides is 1. The van der Waals surface area contributed by atoms with Crippen molar-refractivity contribution in [2.75, 3.05) is 49.6 Å². The van der Waals surface area contributed by atoms with Crippen molar-refractivity contribution in [1.82, 2.24) is 4.31 Å². The second-order valence-corrected chi connectivity index (χ2v) is 9.81. The summed E-state index contributed by atoms with van der Waals surface area (Å²) < 4.78 is 46.6. The van der Waals surface area contributed by atoms with E-state index in [4.69, 9.17) is 16.3 Å². The number of benzene rings is 2. The number of halogens is 2. The van der Waals surface area contributed by atoms with E-state index in [2.05, 4.69) is 10.2 Å². The summed E-state index contributed by atoms with van der Waals surface area (Å²) in [6, 6.07) is 8.61. The first-order valence-electron chi connectivity index (χ1n) is 10.1. The van der Waals surface area contributed by atoms with Gasteiger partial charge in [0, 0.05) is 36.8 Å². The molecule has 1 N–H and O–H groups in total. The molecule has 0 radical (unpaired) electrons. The van der Waals surface area contributed by atoms with E-state index in [1.807, 2.05) is 6.07 Å². The predicted octanol–water partition coefficient (Wildman–Crippen LogP) is 3.35. The summed E-state index contributed by atoms with van der Waals surface area (Å²) in [6.45, 7) is 2.52. The molecule has 0 spiro atoms. The quantitative estimate of drug-likeness (QED) is 0.729. The van der Waals surface area contributed by atoms with Crippen molar-refractivity contribution in [3.8, 4) is 0 Å². The van der Waals surface area contributed by atoms with E-state index in [-0.39, 0.29) is 31.9 Å². The lowest BCUT2D eigenvalue weighted by Crippen LogP contribution is -2.41. The average Bonchev–Trinajstić information content (AvgIpc) is 3.29. The van der Waals surface area contributed by atoms with E-state index < -0.39 is 26.6 Å². The summed E-state index contributed by atoms with van der Waals surface area (Å²) in [6.07, 6.45) is 2.13. The van der Waals surface area contributed by atoms with E-state index in [0.717, 1.165) is 43.8 Å². The van der Waals surface area contributed by atoms with Gasteiger partial charge in [0.25, 0.3) is 5.91 Å². The first-order valence-corrected chi connectivity index (χ1v) is 11.9. The second kappa shape index (κ2) is 9.12. The summed E-state index contributed by atoms with van der Waals surface area (Å²) in [5.41, 5.74) is 1.42. The van der Waals surface area contributed by atoms with Gasteiger partial charge in [-0.2, -0.15) is 4.31 Å². The SMILES string of the molecule is O=C(Nc1cc(Cl)ccc1N1CCCC1)c1ccc(F)c(S(=O)(=O)N2CCOCC2)c1. The van der Waals surface area contributed by atoms with Gasteiger partial charge in [0.15, 0.2) is 0 Å². The van der Waals surface area contributed by atoms with Crippen LogP contribution in [0.4, 0.5) is 15.8 Å². The number of ether oxygens (including phenoxy) is 1. The van der Waals surface area contributed by atoms with E-state index in [9.17, 15) is 17.6 Å². The molecule has 166 valence electrons. The molecule has 2 aliphatic rings. The molecule has 0 saturated carbocycles. The molecule has 0 atom stereocenters. The van der Waals surface area contributed by atoms with Crippen LogP contribution in [0.2, 0.25) is 5.02 Å². The van der Waals surface area contributed by atoms with Gasteiger partial charge in [-0.25, -0.2) is 12.8 Å². The van der Waals surface area contributed by atoms with Crippen LogP contribution in [0.1, 0.15) is 23.2 Å². The maximum Gasteiger partial charge on any atom is 0.255 e. The number of hydrogen-bond acceptors (Lipinski definition) is 5. The summed E-state index contributed by atoms with van der Waals surface area (Å²) in [5.74, 6) is -1.44. The van der Waals surface area contributed by atoms with E-state index in [1.54, 1.807) is 12.1 Å². The van der Waals surface area contributed by atoms with Crippen molar-refractivity contribution in [2.24, 2.45) is 0 Å². The van der Waals surface area contributed by atoms with Crippen molar-refractivity contribution in [2.45, 2.75) is 17.7 Å². The third-order valence-electron chi connectivity index (χ3n) is 5.43. The summed E-state index contributed by atoms with van der Waals surface area (Å²) >= 11 is 6.13. The Balaban J connectivity index is 1.62. The van der Waals surface area contributed by atoms with Crippen molar-refractivity contribution in [1.29, 1.82) is 0 Å². The minimum Gasteiger partial charge on any atom is -0.379 e. The minimum absolute atomic E-state index is 0.0422. The maximum atomic E-state index is 14.4. The van der Waals surface area contributed by atoms with Crippen LogP contribution in [0.15, 0.2) is 41.3 Å². The molecule has 4 rings (SSSR count). The van der Waals surface area contributed by atoms with Crippen LogP contribution in [0.25, 0.3) is 0 Å². The summed E-state index contributed by atoms with van der Waals surface area (Å²) in [5, 5.41) is 3.27. The number of hydrogen-bond donors (Lipinski definition) is 1. The van der Waals surface area contributed by atoms with Crippen LogP contribution in [0.5, 0.6) is 0 Å². The number of nitrogens with one attached hydrogen (secondary N) is 1. The van der Waals surface area contributed by atoms with Crippen LogP contribution in [0.3, 0.4) is 0 Å². The van der Waals surface area contributed by atoms with Crippen molar-refractivity contribution >= 4 is 38.9 Å². The molecular weight excluding hydrogens is 445 g/mol. The fourth-order valence-electron chi connectivity index (χ4n) is 3.80. The smallest absolute Gasteiger partial charge is 0.255 e. The summed E-state index contributed by atoms with van der Waals surface area (Å²) in [7, 11) is -4.08. The molecule has 2 heterocycles. The maximum absolute atomic E-state index is 14.4. The number of anilines is 2. The van der Waals surface area contributed by atoms with Gasteiger partial charge in [-0.15, -0.1) is 0 Å². The van der Waals surface area contributed by atoms with Gasteiger partial charge in [0.05, 0.1) is 24.6 Å². The Morgan fingerprint density at radius 1 is 1.03 bits per heavy atom. The number of amides is 1. The van der Waals surface area contributed by atoms with E-state index >= 15 is 0 Å². The average molecular weight is 468 g/mol. The zero-order chi connectivity index (χ0) is 22.0. The zero-order valence-corrected chi connectivity index (χ0v) is 18.4. The highest BCUT2D eigenvalue weighted by molar-refractivity contribution is 7.89. The van der Waals surface area contributed by atoms with Gasteiger partial charge in [0.1, 0.15) is 10.7 Å². The number of morpholine rings is 1. The lowest BCUT2D eigenvalue weighted by atomic mass is 10.2. The number of carbonyl (C=O) groups is 1. The Kier molecular flexibility index (Phi) is 6.47. The highest BCUT2D eigenvalue weighted by Gasteiger charge is 2.30. The molecule has 0 aromatic heterocycles. The lowest BCUT2D eigenvalue weighted by Gasteiger charge is -2.26. The molecular formula is C21H23ClFN3O4S.